The molecule has 4 atom stereocenters. The monoisotopic (exact) mass is 412 g/mol. The molecule has 1 saturated heterocycles. The fourth-order valence-corrected chi connectivity index (χ4v) is 4.30. The van der Waals surface area contributed by atoms with E-state index in [2.05, 4.69) is 41.7 Å². The molecular formula is C24H32N2O4. The zero-order valence-corrected chi connectivity index (χ0v) is 17.4. The number of hydrogen-bond acceptors (Lipinski definition) is 5. The van der Waals surface area contributed by atoms with Crippen LogP contribution in [0.4, 0.5) is 0 Å². The van der Waals surface area contributed by atoms with E-state index in [1.165, 1.54) is 16.7 Å². The first kappa shape index (κ1) is 22.4. The van der Waals surface area contributed by atoms with Crippen LogP contribution in [0.5, 0.6) is 0 Å². The highest BCUT2D eigenvalue weighted by atomic mass is 16.3. The Kier molecular flexibility index (Phi) is 7.99. The molecule has 6 nitrogen and oxygen atoms in total. The van der Waals surface area contributed by atoms with Crippen LogP contribution >= 0.6 is 0 Å². The van der Waals surface area contributed by atoms with Gasteiger partial charge in [-0.2, -0.15) is 0 Å². The molecule has 1 aliphatic heterocycles. The van der Waals surface area contributed by atoms with E-state index in [9.17, 15) is 20.1 Å². The van der Waals surface area contributed by atoms with E-state index < -0.39 is 24.3 Å². The first-order valence-corrected chi connectivity index (χ1v) is 10.7. The average Bonchev–Trinajstić information content (AvgIpc) is 2.99. The van der Waals surface area contributed by atoms with Gasteiger partial charge in [-0.25, -0.2) is 0 Å². The van der Waals surface area contributed by atoms with Crippen molar-refractivity contribution in [3.63, 3.8) is 0 Å². The summed E-state index contributed by atoms with van der Waals surface area (Å²) in [7, 11) is 0. The number of carbonyl (C=O) groups excluding carboxylic acids is 1. The molecule has 0 radical (unpaired) electrons. The first-order chi connectivity index (χ1) is 14.5. The largest absolute Gasteiger partial charge is 0.395 e. The zero-order chi connectivity index (χ0) is 21.5. The molecule has 6 heteroatoms. The lowest BCUT2D eigenvalue weighted by atomic mass is 10.0. The topological polar surface area (TPSA) is 93.0 Å². The minimum Gasteiger partial charge on any atom is -0.395 e. The Bertz CT molecular complexity index is 797. The molecule has 0 spiro atoms. The van der Waals surface area contributed by atoms with Gasteiger partial charge in [-0.3, -0.25) is 9.69 Å². The third-order valence-electron chi connectivity index (χ3n) is 5.89. The normalized spacial score (nSPS) is 24.1. The Morgan fingerprint density at radius 3 is 2.23 bits per heavy atom. The van der Waals surface area contributed by atoms with E-state index in [1.807, 2.05) is 30.0 Å². The van der Waals surface area contributed by atoms with Crippen LogP contribution < -0.4 is 5.32 Å². The van der Waals surface area contributed by atoms with Crippen LogP contribution in [0.2, 0.25) is 0 Å². The third kappa shape index (κ3) is 5.26. The zero-order valence-electron chi connectivity index (χ0n) is 17.4. The summed E-state index contributed by atoms with van der Waals surface area (Å²) in [6, 6.07) is 17.6. The van der Waals surface area contributed by atoms with Crippen LogP contribution in [0.25, 0.3) is 11.1 Å². The number of hydrogen-bond donors (Lipinski definition) is 4. The van der Waals surface area contributed by atoms with Crippen LogP contribution in [0.1, 0.15) is 25.3 Å². The molecule has 1 amide bonds. The molecule has 0 aliphatic carbocycles. The lowest BCUT2D eigenvalue weighted by molar-refractivity contribution is -0.123. The Balaban J connectivity index is 1.60. The van der Waals surface area contributed by atoms with Gasteiger partial charge in [0.25, 0.3) is 0 Å². The number of nitrogens with zero attached hydrogens (tertiary/aromatic N) is 1. The molecule has 1 fully saturated rings. The Morgan fingerprint density at radius 2 is 1.60 bits per heavy atom. The van der Waals surface area contributed by atoms with Crippen molar-refractivity contribution in [2.45, 2.75) is 50.5 Å². The molecule has 3 rings (SSSR count). The first-order valence-electron chi connectivity index (χ1n) is 10.7. The van der Waals surface area contributed by atoms with Crippen molar-refractivity contribution in [3.05, 3.63) is 60.2 Å². The van der Waals surface area contributed by atoms with Gasteiger partial charge in [0.15, 0.2) is 0 Å². The Labute approximate surface area is 178 Å². The SMILES string of the molecule is CCNC(=O)C[C@@H]1[C@@H](O)[C@H](O)[C@@H](CO)N1CCCc1ccc(-c2ccccc2)cc1. The summed E-state index contributed by atoms with van der Waals surface area (Å²) >= 11 is 0. The van der Waals surface area contributed by atoms with Gasteiger partial charge in [-0.1, -0.05) is 54.6 Å². The van der Waals surface area contributed by atoms with Gasteiger partial charge < -0.3 is 20.6 Å². The predicted molar refractivity (Wildman–Crippen MR) is 117 cm³/mol. The lowest BCUT2D eigenvalue weighted by Crippen LogP contribution is -2.44. The Hall–Kier alpha value is -2.25. The molecule has 1 aliphatic rings. The molecule has 4 N–H and O–H groups in total. The number of aryl methyl sites for hydroxylation is 1. The molecule has 0 unspecified atom stereocenters. The van der Waals surface area contributed by atoms with Gasteiger partial charge in [0.2, 0.25) is 5.91 Å². The minimum absolute atomic E-state index is 0.105. The number of carbonyl (C=O) groups is 1. The highest BCUT2D eigenvalue weighted by Gasteiger charge is 2.47. The number of amides is 1. The fourth-order valence-electron chi connectivity index (χ4n) is 4.30. The average molecular weight is 413 g/mol. The van der Waals surface area contributed by atoms with Crippen molar-refractivity contribution in [3.8, 4) is 11.1 Å². The van der Waals surface area contributed by atoms with Crippen LogP contribution in [0.15, 0.2) is 54.6 Å². The smallest absolute Gasteiger partial charge is 0.221 e. The summed E-state index contributed by atoms with van der Waals surface area (Å²) in [5.74, 6) is -0.158. The van der Waals surface area contributed by atoms with Crippen molar-refractivity contribution in [2.24, 2.45) is 0 Å². The van der Waals surface area contributed by atoms with E-state index in [0.717, 1.165) is 12.8 Å². The van der Waals surface area contributed by atoms with Crippen LogP contribution in [-0.2, 0) is 11.2 Å². The highest BCUT2D eigenvalue weighted by Crippen LogP contribution is 2.28. The summed E-state index contributed by atoms with van der Waals surface area (Å²) in [6.07, 6.45) is -0.362. The van der Waals surface area contributed by atoms with Crippen molar-refractivity contribution in [2.75, 3.05) is 19.7 Å². The summed E-state index contributed by atoms with van der Waals surface area (Å²) in [5.41, 5.74) is 3.56. The molecule has 2 aromatic rings. The second-order valence-corrected chi connectivity index (χ2v) is 7.86. The quantitative estimate of drug-likeness (QED) is 0.502. The molecule has 0 saturated carbocycles. The third-order valence-corrected chi connectivity index (χ3v) is 5.89. The van der Waals surface area contributed by atoms with E-state index in [4.69, 9.17) is 0 Å². The maximum Gasteiger partial charge on any atom is 0.221 e. The second kappa shape index (κ2) is 10.7. The van der Waals surface area contributed by atoms with Crippen molar-refractivity contribution in [1.82, 2.24) is 10.2 Å². The highest BCUT2D eigenvalue weighted by molar-refractivity contribution is 5.76. The number of likely N-dealkylation sites (tertiary alicyclic amines) is 1. The van der Waals surface area contributed by atoms with Gasteiger partial charge in [0, 0.05) is 19.0 Å². The van der Waals surface area contributed by atoms with Crippen molar-refractivity contribution in [1.29, 1.82) is 0 Å². The van der Waals surface area contributed by atoms with E-state index >= 15 is 0 Å². The number of aliphatic hydroxyl groups excluding tert-OH is 3. The number of aliphatic hydroxyl groups is 3. The lowest BCUT2D eigenvalue weighted by Gasteiger charge is -2.29. The number of benzene rings is 2. The summed E-state index contributed by atoms with van der Waals surface area (Å²) in [4.78, 5) is 13.9. The van der Waals surface area contributed by atoms with Crippen LogP contribution in [0, 0.1) is 0 Å². The Morgan fingerprint density at radius 1 is 0.967 bits per heavy atom. The van der Waals surface area contributed by atoms with E-state index in [0.29, 0.717) is 13.1 Å². The van der Waals surface area contributed by atoms with Gasteiger partial charge in [0.05, 0.1) is 24.9 Å². The van der Waals surface area contributed by atoms with E-state index in [1.54, 1.807) is 0 Å². The minimum atomic E-state index is -1.06. The number of nitrogens with one attached hydrogen (secondary N) is 1. The molecule has 0 aromatic heterocycles. The van der Waals surface area contributed by atoms with Crippen molar-refractivity contribution >= 4 is 5.91 Å². The molecule has 1 heterocycles. The van der Waals surface area contributed by atoms with E-state index in [-0.39, 0.29) is 18.9 Å². The maximum atomic E-state index is 12.0. The summed E-state index contributed by atoms with van der Waals surface area (Å²) in [6.45, 7) is 2.70. The number of rotatable bonds is 9. The second-order valence-electron chi connectivity index (χ2n) is 7.86. The standard InChI is InChI=1S/C24H32N2O4/c1-2-25-22(28)15-20-23(29)24(30)21(16-27)26(20)14-6-7-17-10-12-19(13-11-17)18-8-4-3-5-9-18/h3-5,8-13,20-21,23-24,27,29-30H,2,6-7,14-16H2,1H3,(H,25,28)/t20-,21-,23-,24-/m1/s1. The predicted octanol–water partition coefficient (Wildman–Crippen LogP) is 1.58. The molecule has 2 aromatic carbocycles. The molecule has 30 heavy (non-hydrogen) atoms. The fraction of sp³-hybridized carbons (Fsp3) is 0.458. The van der Waals surface area contributed by atoms with Gasteiger partial charge >= 0.3 is 0 Å². The molecular weight excluding hydrogens is 380 g/mol. The van der Waals surface area contributed by atoms with Crippen LogP contribution in [-0.4, -0.2) is 70.1 Å². The van der Waals surface area contributed by atoms with Crippen molar-refractivity contribution < 1.29 is 20.1 Å². The summed E-state index contributed by atoms with van der Waals surface area (Å²) < 4.78 is 0. The molecule has 0 bridgehead atoms. The van der Waals surface area contributed by atoms with Gasteiger partial charge in [0.1, 0.15) is 0 Å². The van der Waals surface area contributed by atoms with Gasteiger partial charge in [-0.15, -0.1) is 0 Å². The summed E-state index contributed by atoms with van der Waals surface area (Å²) in [5, 5.41) is 33.2. The maximum absolute atomic E-state index is 12.0. The van der Waals surface area contributed by atoms with Gasteiger partial charge in [-0.05, 0) is 43.0 Å². The molecule has 162 valence electrons. The van der Waals surface area contributed by atoms with Crippen LogP contribution in [0.3, 0.4) is 0 Å².